The highest BCUT2D eigenvalue weighted by molar-refractivity contribution is 8.18. The summed E-state index contributed by atoms with van der Waals surface area (Å²) in [6.45, 7) is 4.17. The van der Waals surface area contributed by atoms with E-state index in [1.807, 2.05) is 36.4 Å². The third-order valence-electron chi connectivity index (χ3n) is 4.39. The SMILES string of the molecule is C#CCN1C(=O)S/C(=C/c2cc(CC=C)c(OCc3ccccc3)c(OC)c2)C1=O. The van der Waals surface area contributed by atoms with E-state index in [1.165, 1.54) is 0 Å². The monoisotopic (exact) mass is 419 g/mol. The Kier molecular flexibility index (Phi) is 6.99. The number of carbonyl (C=O) groups excluding carboxylic acids is 2. The van der Waals surface area contributed by atoms with Crippen molar-refractivity contribution in [2.24, 2.45) is 0 Å². The van der Waals surface area contributed by atoms with Crippen molar-refractivity contribution in [1.82, 2.24) is 4.90 Å². The summed E-state index contributed by atoms with van der Waals surface area (Å²) >= 11 is 0.872. The number of thioether (sulfide) groups is 1. The Balaban J connectivity index is 1.93. The molecule has 1 aliphatic heterocycles. The lowest BCUT2D eigenvalue weighted by molar-refractivity contribution is -0.122. The standard InChI is InChI=1S/C24H21NO4S/c1-4-9-19-13-18(15-21-23(26)25(12-5-2)24(27)30-21)14-20(28-3)22(19)29-16-17-10-7-6-8-11-17/h2,4,6-8,10-11,13-15H,1,9,12,16H2,3H3/b21-15+. The van der Waals surface area contributed by atoms with Crippen molar-refractivity contribution in [2.45, 2.75) is 13.0 Å². The molecule has 1 saturated heterocycles. The minimum absolute atomic E-state index is 0.0424. The van der Waals surface area contributed by atoms with E-state index < -0.39 is 5.91 Å². The normalized spacial score (nSPS) is 14.7. The van der Waals surface area contributed by atoms with Crippen molar-refractivity contribution in [2.75, 3.05) is 13.7 Å². The van der Waals surface area contributed by atoms with Crippen LogP contribution in [-0.2, 0) is 17.8 Å². The van der Waals surface area contributed by atoms with Crippen LogP contribution in [0.2, 0.25) is 0 Å². The number of benzene rings is 2. The Labute approximate surface area is 180 Å². The zero-order valence-corrected chi connectivity index (χ0v) is 17.4. The van der Waals surface area contributed by atoms with Gasteiger partial charge in [-0.25, -0.2) is 0 Å². The van der Waals surface area contributed by atoms with Gasteiger partial charge in [-0.1, -0.05) is 42.3 Å². The molecule has 0 N–H and O–H groups in total. The van der Waals surface area contributed by atoms with Gasteiger partial charge in [-0.3, -0.25) is 14.5 Å². The maximum Gasteiger partial charge on any atom is 0.294 e. The molecule has 0 aromatic heterocycles. The number of carbonyl (C=O) groups is 2. The second-order valence-electron chi connectivity index (χ2n) is 6.45. The fraction of sp³-hybridized carbons (Fsp3) is 0.167. The van der Waals surface area contributed by atoms with Crippen molar-refractivity contribution >= 4 is 29.0 Å². The first-order valence-electron chi connectivity index (χ1n) is 9.24. The lowest BCUT2D eigenvalue weighted by atomic mass is 10.0. The third-order valence-corrected chi connectivity index (χ3v) is 5.29. The van der Waals surface area contributed by atoms with Gasteiger partial charge in [0.1, 0.15) is 6.61 Å². The van der Waals surface area contributed by atoms with Crippen LogP contribution >= 0.6 is 11.8 Å². The van der Waals surface area contributed by atoms with E-state index in [-0.39, 0.29) is 11.8 Å². The molecule has 0 spiro atoms. The molecule has 2 aromatic rings. The molecule has 0 unspecified atom stereocenters. The van der Waals surface area contributed by atoms with Crippen LogP contribution in [0.5, 0.6) is 11.5 Å². The highest BCUT2D eigenvalue weighted by atomic mass is 32.2. The van der Waals surface area contributed by atoms with Gasteiger partial charge in [-0.05, 0) is 47.5 Å². The van der Waals surface area contributed by atoms with Gasteiger partial charge in [0.05, 0.1) is 18.6 Å². The second kappa shape index (κ2) is 9.86. The molecule has 1 aliphatic rings. The Morgan fingerprint density at radius 3 is 2.67 bits per heavy atom. The van der Waals surface area contributed by atoms with Gasteiger partial charge in [-0.15, -0.1) is 13.0 Å². The van der Waals surface area contributed by atoms with E-state index in [9.17, 15) is 9.59 Å². The Morgan fingerprint density at radius 1 is 1.23 bits per heavy atom. The maximum absolute atomic E-state index is 12.4. The molecule has 2 aromatic carbocycles. The van der Waals surface area contributed by atoms with Gasteiger partial charge in [0.25, 0.3) is 11.1 Å². The molecule has 1 heterocycles. The topological polar surface area (TPSA) is 55.8 Å². The number of hydrogen-bond donors (Lipinski definition) is 0. The first kappa shape index (κ1) is 21.3. The summed E-state index contributed by atoms with van der Waals surface area (Å²) in [5.74, 6) is 3.10. The number of nitrogens with zero attached hydrogens (tertiary/aromatic N) is 1. The van der Waals surface area contributed by atoms with E-state index in [4.69, 9.17) is 15.9 Å². The molecule has 1 fully saturated rings. The average molecular weight is 420 g/mol. The van der Waals surface area contributed by atoms with Crippen molar-refractivity contribution in [3.05, 3.63) is 76.7 Å². The summed E-state index contributed by atoms with van der Waals surface area (Å²) in [5, 5.41) is -0.370. The van der Waals surface area contributed by atoms with Crippen LogP contribution in [-0.4, -0.2) is 29.7 Å². The first-order chi connectivity index (χ1) is 14.6. The zero-order chi connectivity index (χ0) is 21.5. The van der Waals surface area contributed by atoms with Crippen molar-refractivity contribution in [1.29, 1.82) is 0 Å². The molecule has 152 valence electrons. The molecule has 0 saturated carbocycles. The number of allylic oxidation sites excluding steroid dienone is 1. The molecule has 6 heteroatoms. The molecular weight excluding hydrogens is 398 g/mol. The molecule has 2 amide bonds. The van der Waals surface area contributed by atoms with Crippen LogP contribution in [0.15, 0.2) is 60.0 Å². The average Bonchev–Trinajstić information content (AvgIpc) is 3.01. The number of methoxy groups -OCH3 is 1. The predicted octanol–water partition coefficient (Wildman–Crippen LogP) is 4.67. The fourth-order valence-corrected chi connectivity index (χ4v) is 3.84. The molecule has 3 rings (SSSR count). The summed E-state index contributed by atoms with van der Waals surface area (Å²) in [6, 6.07) is 13.5. The number of rotatable bonds is 8. The van der Waals surface area contributed by atoms with Crippen molar-refractivity contribution in [3.63, 3.8) is 0 Å². The number of ether oxygens (including phenoxy) is 2. The Hall–Kier alpha value is -3.43. The van der Waals surface area contributed by atoms with E-state index >= 15 is 0 Å². The number of terminal acetylenes is 1. The molecule has 0 atom stereocenters. The van der Waals surface area contributed by atoms with Crippen molar-refractivity contribution in [3.8, 4) is 23.8 Å². The van der Waals surface area contributed by atoms with Gasteiger partial charge < -0.3 is 9.47 Å². The molecule has 30 heavy (non-hydrogen) atoms. The Bertz CT molecular complexity index is 1040. The van der Waals surface area contributed by atoms with Gasteiger partial charge in [0.15, 0.2) is 11.5 Å². The highest BCUT2D eigenvalue weighted by Crippen LogP contribution is 2.37. The quantitative estimate of drug-likeness (QED) is 0.354. The molecule has 5 nitrogen and oxygen atoms in total. The number of imide groups is 1. The van der Waals surface area contributed by atoms with E-state index in [0.717, 1.165) is 33.4 Å². The summed E-state index contributed by atoms with van der Waals surface area (Å²) in [6.07, 6.45) is 9.24. The lowest BCUT2D eigenvalue weighted by Gasteiger charge is -2.16. The lowest BCUT2D eigenvalue weighted by Crippen LogP contribution is -2.28. The van der Waals surface area contributed by atoms with Crippen LogP contribution < -0.4 is 9.47 Å². The van der Waals surface area contributed by atoms with E-state index in [1.54, 1.807) is 25.3 Å². The van der Waals surface area contributed by atoms with E-state index in [0.29, 0.717) is 29.4 Å². The molecule has 0 radical (unpaired) electrons. The second-order valence-corrected chi connectivity index (χ2v) is 7.44. The van der Waals surface area contributed by atoms with Crippen LogP contribution in [0.4, 0.5) is 4.79 Å². The summed E-state index contributed by atoms with van der Waals surface area (Å²) in [5.41, 5.74) is 2.63. The summed E-state index contributed by atoms with van der Waals surface area (Å²) in [7, 11) is 1.56. The summed E-state index contributed by atoms with van der Waals surface area (Å²) < 4.78 is 11.6. The van der Waals surface area contributed by atoms with Gasteiger partial charge in [0.2, 0.25) is 0 Å². The third kappa shape index (κ3) is 4.76. The van der Waals surface area contributed by atoms with Crippen LogP contribution in [0, 0.1) is 12.3 Å². The zero-order valence-electron chi connectivity index (χ0n) is 16.6. The summed E-state index contributed by atoms with van der Waals surface area (Å²) in [4.78, 5) is 25.8. The minimum Gasteiger partial charge on any atom is -0.493 e. The largest absolute Gasteiger partial charge is 0.493 e. The fourth-order valence-electron chi connectivity index (χ4n) is 3.00. The van der Waals surface area contributed by atoms with Crippen LogP contribution in [0.25, 0.3) is 6.08 Å². The number of amides is 2. The predicted molar refractivity (Wildman–Crippen MR) is 119 cm³/mol. The molecule has 0 bridgehead atoms. The van der Waals surface area contributed by atoms with Crippen LogP contribution in [0.3, 0.4) is 0 Å². The maximum atomic E-state index is 12.4. The minimum atomic E-state index is -0.392. The molecular formula is C24H21NO4S. The first-order valence-corrected chi connectivity index (χ1v) is 10.1. The molecule has 0 aliphatic carbocycles. The smallest absolute Gasteiger partial charge is 0.294 e. The highest BCUT2D eigenvalue weighted by Gasteiger charge is 2.34. The van der Waals surface area contributed by atoms with Gasteiger partial charge in [0, 0.05) is 5.56 Å². The van der Waals surface area contributed by atoms with Gasteiger partial charge in [-0.2, -0.15) is 0 Å². The Morgan fingerprint density at radius 2 is 2.00 bits per heavy atom. The van der Waals surface area contributed by atoms with Crippen molar-refractivity contribution < 1.29 is 19.1 Å². The van der Waals surface area contributed by atoms with Gasteiger partial charge >= 0.3 is 0 Å². The number of hydrogen-bond acceptors (Lipinski definition) is 5. The van der Waals surface area contributed by atoms with E-state index in [2.05, 4.69) is 12.5 Å². The van der Waals surface area contributed by atoms with Crippen LogP contribution in [0.1, 0.15) is 16.7 Å².